The lowest BCUT2D eigenvalue weighted by Gasteiger charge is -2.17. The van der Waals surface area contributed by atoms with Gasteiger partial charge in [-0.3, -0.25) is 25.2 Å². The highest BCUT2D eigenvalue weighted by Gasteiger charge is 2.29. The van der Waals surface area contributed by atoms with E-state index < -0.39 is 24.9 Å². The Labute approximate surface area is 184 Å². The predicted octanol–water partition coefficient (Wildman–Crippen LogP) is 0.979. The third-order valence-corrected chi connectivity index (χ3v) is 7.36. The molecule has 32 heavy (non-hydrogen) atoms. The van der Waals surface area contributed by atoms with Crippen LogP contribution in [-0.4, -0.2) is 29.1 Å². The molecule has 0 aliphatic heterocycles. The van der Waals surface area contributed by atoms with E-state index in [0.29, 0.717) is 21.7 Å². The first-order chi connectivity index (χ1) is 15.3. The second-order valence-electron chi connectivity index (χ2n) is 6.49. The molecule has 0 fully saturated rings. The molecule has 0 aliphatic carbocycles. The average Bonchev–Trinajstić information content (AvgIpc) is 2.84. The molecular weight excluding hydrogens is 431 g/mol. The van der Waals surface area contributed by atoms with Gasteiger partial charge < -0.3 is 9.67 Å². The number of carbonyl (C=O) groups excluding carboxylic acids is 2. The van der Waals surface area contributed by atoms with E-state index in [-0.39, 0.29) is 6.16 Å². The maximum atomic E-state index is 13.0. The van der Waals surface area contributed by atoms with Crippen molar-refractivity contribution in [1.29, 1.82) is 0 Å². The molecule has 3 aromatic rings. The van der Waals surface area contributed by atoms with Crippen LogP contribution in [0.4, 0.5) is 0 Å². The average molecular weight is 454 g/mol. The largest absolute Gasteiger partial charge is 0.481 e. The summed E-state index contributed by atoms with van der Waals surface area (Å²) in [6, 6.07) is 23.5. The number of nitrogens with two attached hydrogens (primary N) is 2. The molecule has 0 radical (unpaired) electrons. The van der Waals surface area contributed by atoms with Gasteiger partial charge in [-0.05, 0) is 24.3 Å². The Kier molecular flexibility index (Phi) is 8.85. The van der Waals surface area contributed by atoms with Gasteiger partial charge in [-0.1, -0.05) is 60.7 Å². The van der Waals surface area contributed by atoms with Crippen LogP contribution in [0.1, 0.15) is 20.7 Å². The summed E-state index contributed by atoms with van der Waals surface area (Å²) in [5, 5.41) is 10.2. The summed E-state index contributed by atoms with van der Waals surface area (Å²) in [5.41, 5.74) is 4.71. The van der Waals surface area contributed by atoms with Gasteiger partial charge in [-0.25, -0.2) is 11.7 Å². The minimum atomic E-state index is -3.08. The molecule has 7 N–H and O–H groups in total. The monoisotopic (exact) mass is 454 g/mol. The zero-order valence-electron chi connectivity index (χ0n) is 17.0. The molecule has 0 spiro atoms. The fraction of sp³-hybridized carbons (Fsp3) is 0.0455. The van der Waals surface area contributed by atoms with E-state index in [4.69, 9.17) is 16.8 Å². The van der Waals surface area contributed by atoms with Crippen LogP contribution in [0.5, 0.6) is 0 Å². The van der Waals surface area contributed by atoms with E-state index in [9.17, 15) is 18.9 Å². The summed E-state index contributed by atoms with van der Waals surface area (Å²) in [5.74, 6) is 7.98. The van der Waals surface area contributed by atoms with Crippen LogP contribution in [-0.2, 0) is 9.36 Å². The fourth-order valence-corrected chi connectivity index (χ4v) is 5.15. The lowest BCUT2D eigenvalue weighted by Crippen LogP contribution is -2.31. The maximum absolute atomic E-state index is 13.0. The molecule has 9 nitrogen and oxygen atoms in total. The number of nitrogen functional groups attached to an aromatic ring is 2. The summed E-state index contributed by atoms with van der Waals surface area (Å²) in [7, 11) is -3.08. The van der Waals surface area contributed by atoms with Crippen molar-refractivity contribution in [2.75, 3.05) is 6.16 Å². The highest BCUT2D eigenvalue weighted by molar-refractivity contribution is 7.79. The summed E-state index contributed by atoms with van der Waals surface area (Å²) >= 11 is 0. The van der Waals surface area contributed by atoms with E-state index in [1.165, 1.54) is 24.3 Å². The number of nitrogens with one attached hydrogen (secondary N) is 2. The van der Waals surface area contributed by atoms with Crippen molar-refractivity contribution in [3.8, 4) is 0 Å². The summed E-state index contributed by atoms with van der Waals surface area (Å²) in [6.07, 6.45) is -0.360. The number of carboxylic acid groups (broad SMARTS) is 1. The minimum absolute atomic E-state index is 0.360. The Morgan fingerprint density at radius 3 is 1.31 bits per heavy atom. The first kappa shape index (κ1) is 24.5. The van der Waals surface area contributed by atoms with Crippen LogP contribution >= 0.6 is 7.14 Å². The molecule has 166 valence electrons. The van der Waals surface area contributed by atoms with Crippen molar-refractivity contribution in [1.82, 2.24) is 10.9 Å². The second kappa shape index (κ2) is 11.6. The Bertz CT molecular complexity index is 1030. The van der Waals surface area contributed by atoms with E-state index in [0.717, 1.165) is 0 Å². The topological polar surface area (TPSA) is 165 Å². The standard InChI is InChI=1S/C14H13O3P.C8H10N4O2/c15-14(16)11-18(17,12-7-3-1-4-8-12)13-9-5-2-6-10-13;9-11-7(13)5-1-2-6(4-3-5)8(14)12-10/h1-10H,11H2,(H,15,16);1-4H,9-10H2,(H,11,13)(H,12,14). The van der Waals surface area contributed by atoms with Crippen LogP contribution in [0.15, 0.2) is 84.9 Å². The molecule has 3 aromatic carbocycles. The molecule has 0 aromatic heterocycles. The van der Waals surface area contributed by atoms with Gasteiger partial charge in [0.2, 0.25) is 0 Å². The predicted molar refractivity (Wildman–Crippen MR) is 122 cm³/mol. The molecule has 0 bridgehead atoms. The van der Waals surface area contributed by atoms with Gasteiger partial charge in [0.15, 0.2) is 7.14 Å². The highest BCUT2D eigenvalue weighted by atomic mass is 31.2. The summed E-state index contributed by atoms with van der Waals surface area (Å²) in [6.45, 7) is 0. The smallest absolute Gasteiger partial charge is 0.311 e. The number of carboxylic acids is 1. The Morgan fingerprint density at radius 2 is 1.03 bits per heavy atom. The van der Waals surface area contributed by atoms with Crippen LogP contribution in [0, 0.1) is 0 Å². The number of rotatable bonds is 6. The van der Waals surface area contributed by atoms with Crippen LogP contribution < -0.4 is 33.1 Å². The van der Waals surface area contributed by atoms with Crippen molar-refractivity contribution in [3.05, 3.63) is 96.1 Å². The minimum Gasteiger partial charge on any atom is -0.481 e. The molecule has 0 aliphatic rings. The van der Waals surface area contributed by atoms with Gasteiger partial charge in [0.1, 0.15) is 6.16 Å². The van der Waals surface area contributed by atoms with Gasteiger partial charge >= 0.3 is 5.97 Å². The van der Waals surface area contributed by atoms with Gasteiger partial charge in [0.05, 0.1) is 0 Å². The van der Waals surface area contributed by atoms with Crippen LogP contribution in [0.25, 0.3) is 0 Å². The number of hydrazine groups is 2. The van der Waals surface area contributed by atoms with E-state index in [2.05, 4.69) is 0 Å². The molecule has 3 rings (SSSR count). The normalized spacial score (nSPS) is 10.3. The zero-order valence-corrected chi connectivity index (χ0v) is 17.9. The third-order valence-electron chi connectivity index (χ3n) is 4.38. The number of carbonyl (C=O) groups is 3. The number of hydrogen-bond donors (Lipinski definition) is 5. The molecule has 2 amide bonds. The van der Waals surface area contributed by atoms with Crippen LogP contribution in [0.3, 0.4) is 0 Å². The first-order valence-corrected chi connectivity index (χ1v) is 11.2. The summed E-state index contributed by atoms with van der Waals surface area (Å²) in [4.78, 5) is 33.0. The Balaban J connectivity index is 0.000000235. The van der Waals surface area contributed by atoms with Crippen LogP contribution in [0.2, 0.25) is 0 Å². The highest BCUT2D eigenvalue weighted by Crippen LogP contribution is 2.42. The second-order valence-corrected chi connectivity index (χ2v) is 9.32. The van der Waals surface area contributed by atoms with Gasteiger partial charge in [0, 0.05) is 21.7 Å². The number of hydrogen-bond acceptors (Lipinski definition) is 6. The lowest BCUT2D eigenvalue weighted by molar-refractivity contribution is -0.134. The van der Waals surface area contributed by atoms with E-state index in [1.807, 2.05) is 23.0 Å². The molecule has 0 unspecified atom stereocenters. The van der Waals surface area contributed by atoms with E-state index >= 15 is 0 Å². The molecule has 0 heterocycles. The molecule has 10 heteroatoms. The summed E-state index contributed by atoms with van der Waals surface area (Å²) < 4.78 is 13.0. The zero-order chi connectivity index (χ0) is 23.6. The lowest BCUT2D eigenvalue weighted by atomic mass is 10.1. The van der Waals surface area contributed by atoms with Crippen molar-refractivity contribution < 1.29 is 24.1 Å². The first-order valence-electron chi connectivity index (χ1n) is 9.36. The maximum Gasteiger partial charge on any atom is 0.311 e. The molecule has 0 saturated carbocycles. The number of benzene rings is 3. The van der Waals surface area contributed by atoms with Crippen molar-refractivity contribution in [3.63, 3.8) is 0 Å². The Morgan fingerprint density at radius 1 is 0.688 bits per heavy atom. The molecule has 0 saturated heterocycles. The van der Waals surface area contributed by atoms with Crippen molar-refractivity contribution >= 4 is 35.5 Å². The molecular formula is C22H23N4O5P. The van der Waals surface area contributed by atoms with Gasteiger partial charge in [-0.2, -0.15) is 0 Å². The number of aliphatic carboxylic acids is 1. The van der Waals surface area contributed by atoms with Crippen molar-refractivity contribution in [2.45, 2.75) is 0 Å². The van der Waals surface area contributed by atoms with Gasteiger partial charge in [-0.15, -0.1) is 0 Å². The quantitative estimate of drug-likeness (QED) is 0.160. The van der Waals surface area contributed by atoms with Gasteiger partial charge in [0.25, 0.3) is 11.8 Å². The fourth-order valence-electron chi connectivity index (χ4n) is 2.80. The SMILES string of the molecule is NNC(=O)c1ccc(C(=O)NN)cc1.O=C(O)CP(=O)(c1ccccc1)c1ccccc1. The van der Waals surface area contributed by atoms with Crippen molar-refractivity contribution in [2.24, 2.45) is 11.7 Å². The third kappa shape index (κ3) is 6.36. The van der Waals surface area contributed by atoms with E-state index in [1.54, 1.807) is 48.5 Å². The Hall–Kier alpha value is -3.78. The molecule has 0 atom stereocenters. The number of amides is 2.